The minimum absolute atomic E-state index is 0.231. The molecule has 0 aliphatic rings. The van der Waals surface area contributed by atoms with E-state index in [0.717, 1.165) is 0 Å². The Morgan fingerprint density at radius 2 is 2.00 bits per heavy atom. The molecule has 0 radical (unpaired) electrons. The molecule has 0 fully saturated rings. The van der Waals surface area contributed by atoms with E-state index >= 15 is 0 Å². The van der Waals surface area contributed by atoms with Crippen LogP contribution in [0, 0.1) is 5.82 Å². The number of carbonyl (C=O) groups is 1. The lowest BCUT2D eigenvalue weighted by atomic mass is 10.1. The van der Waals surface area contributed by atoms with Crippen molar-refractivity contribution in [2.75, 3.05) is 17.2 Å². The van der Waals surface area contributed by atoms with Gasteiger partial charge < -0.3 is 10.6 Å². The molecule has 1 amide bonds. The Morgan fingerprint density at radius 3 is 2.60 bits per heavy atom. The molecule has 0 atom stereocenters. The molecule has 0 aromatic heterocycles. The lowest BCUT2D eigenvalue weighted by molar-refractivity contribution is 0.0988. The van der Waals surface area contributed by atoms with Crippen molar-refractivity contribution in [1.82, 2.24) is 0 Å². The molecular formula is C15H14ClFN2O. The Labute approximate surface area is 121 Å². The summed E-state index contributed by atoms with van der Waals surface area (Å²) in [6.07, 6.45) is 0. The van der Waals surface area contributed by atoms with Gasteiger partial charge in [-0.25, -0.2) is 4.39 Å². The second-order valence-corrected chi connectivity index (χ2v) is 4.67. The maximum absolute atomic E-state index is 13.8. The molecule has 2 aromatic carbocycles. The first kappa shape index (κ1) is 14.3. The summed E-state index contributed by atoms with van der Waals surface area (Å²) in [6.45, 7) is 2.11. The highest BCUT2D eigenvalue weighted by molar-refractivity contribution is 6.31. The quantitative estimate of drug-likeness (QED) is 0.876. The van der Waals surface area contributed by atoms with Crippen LogP contribution in [-0.4, -0.2) is 12.5 Å². The monoisotopic (exact) mass is 292 g/mol. The lowest BCUT2D eigenvalue weighted by Crippen LogP contribution is -2.31. The van der Waals surface area contributed by atoms with Crippen LogP contribution >= 0.6 is 11.6 Å². The predicted octanol–water partition coefficient (Wildman–Crippen LogP) is 3.73. The predicted molar refractivity (Wildman–Crippen MR) is 79.6 cm³/mol. The first-order valence-electron chi connectivity index (χ1n) is 6.16. The van der Waals surface area contributed by atoms with Gasteiger partial charge in [0.2, 0.25) is 0 Å². The van der Waals surface area contributed by atoms with Crippen molar-refractivity contribution in [2.45, 2.75) is 6.92 Å². The molecule has 0 aliphatic heterocycles. The Hall–Kier alpha value is -2.07. The number of amides is 1. The fourth-order valence-corrected chi connectivity index (χ4v) is 2.15. The summed E-state index contributed by atoms with van der Waals surface area (Å²) in [5, 5.41) is 0.452. The fourth-order valence-electron chi connectivity index (χ4n) is 1.97. The zero-order chi connectivity index (χ0) is 14.7. The molecule has 0 bridgehead atoms. The van der Waals surface area contributed by atoms with Crippen molar-refractivity contribution in [3.63, 3.8) is 0 Å². The van der Waals surface area contributed by atoms with E-state index < -0.39 is 5.82 Å². The van der Waals surface area contributed by atoms with Crippen molar-refractivity contribution in [1.29, 1.82) is 0 Å². The molecule has 0 saturated carbocycles. The summed E-state index contributed by atoms with van der Waals surface area (Å²) in [6, 6.07) is 10.8. The average Bonchev–Trinajstić information content (AvgIpc) is 2.41. The molecule has 0 spiro atoms. The Bertz CT molecular complexity index is 646. The Kier molecular flexibility index (Phi) is 4.25. The fraction of sp³-hybridized carbons (Fsp3) is 0.133. The van der Waals surface area contributed by atoms with Crippen LogP contribution in [-0.2, 0) is 0 Å². The van der Waals surface area contributed by atoms with Gasteiger partial charge in [0.1, 0.15) is 5.82 Å². The third-order valence-electron chi connectivity index (χ3n) is 2.95. The average molecular weight is 293 g/mol. The van der Waals surface area contributed by atoms with Gasteiger partial charge in [0.15, 0.2) is 0 Å². The van der Waals surface area contributed by atoms with Gasteiger partial charge in [-0.1, -0.05) is 23.7 Å². The lowest BCUT2D eigenvalue weighted by Gasteiger charge is -2.22. The Morgan fingerprint density at radius 1 is 1.30 bits per heavy atom. The van der Waals surface area contributed by atoms with Crippen LogP contribution in [0.1, 0.15) is 17.3 Å². The van der Waals surface area contributed by atoms with E-state index in [1.807, 2.05) is 0 Å². The summed E-state index contributed by atoms with van der Waals surface area (Å²) in [5.74, 6) is -0.804. The van der Waals surface area contributed by atoms with Crippen molar-refractivity contribution in [3.05, 3.63) is 58.9 Å². The number of anilines is 2. The summed E-state index contributed by atoms with van der Waals surface area (Å²) in [7, 11) is 0. The maximum Gasteiger partial charge on any atom is 0.260 e. The van der Waals surface area contributed by atoms with Gasteiger partial charge in [-0.15, -0.1) is 0 Å². The highest BCUT2D eigenvalue weighted by Gasteiger charge is 2.20. The number of carbonyl (C=O) groups excluding carboxylic acids is 1. The standard InChI is InChI=1S/C15H14ClFN2O/c1-2-19(14-6-4-3-5-12(14)17)15(20)11-8-7-10(16)9-13(11)18/h3-9H,2,18H2,1H3. The minimum Gasteiger partial charge on any atom is -0.398 e. The molecule has 2 aromatic rings. The molecule has 20 heavy (non-hydrogen) atoms. The summed E-state index contributed by atoms with van der Waals surface area (Å²) >= 11 is 5.81. The van der Waals surface area contributed by atoms with Gasteiger partial charge in [-0.05, 0) is 37.3 Å². The van der Waals surface area contributed by atoms with E-state index in [2.05, 4.69) is 0 Å². The number of nitrogens with zero attached hydrogens (tertiary/aromatic N) is 1. The molecule has 5 heteroatoms. The second kappa shape index (κ2) is 5.92. The van der Waals surface area contributed by atoms with Gasteiger partial charge in [0.05, 0.1) is 11.3 Å². The van der Waals surface area contributed by atoms with E-state index in [1.54, 1.807) is 37.3 Å². The first-order chi connectivity index (χ1) is 9.54. The van der Waals surface area contributed by atoms with Crippen LogP contribution in [0.25, 0.3) is 0 Å². The minimum atomic E-state index is -0.449. The van der Waals surface area contributed by atoms with E-state index in [4.69, 9.17) is 17.3 Å². The zero-order valence-electron chi connectivity index (χ0n) is 10.9. The second-order valence-electron chi connectivity index (χ2n) is 4.23. The first-order valence-corrected chi connectivity index (χ1v) is 6.53. The number of nitrogen functional groups attached to an aromatic ring is 1. The van der Waals surface area contributed by atoms with Crippen LogP contribution in [0.15, 0.2) is 42.5 Å². The highest BCUT2D eigenvalue weighted by atomic mass is 35.5. The van der Waals surface area contributed by atoms with Crippen molar-refractivity contribution in [3.8, 4) is 0 Å². The molecule has 0 unspecified atom stereocenters. The van der Waals surface area contributed by atoms with Gasteiger partial charge >= 0.3 is 0 Å². The summed E-state index contributed by atoms with van der Waals surface area (Å²) in [4.78, 5) is 13.8. The molecule has 0 saturated heterocycles. The summed E-state index contributed by atoms with van der Waals surface area (Å²) < 4.78 is 13.8. The van der Waals surface area contributed by atoms with Gasteiger partial charge in [0, 0.05) is 17.3 Å². The van der Waals surface area contributed by atoms with E-state index in [1.165, 1.54) is 17.0 Å². The molecular weight excluding hydrogens is 279 g/mol. The van der Waals surface area contributed by atoms with Crippen LogP contribution in [0.2, 0.25) is 5.02 Å². The molecule has 3 nitrogen and oxygen atoms in total. The van der Waals surface area contributed by atoms with Gasteiger partial charge in [-0.2, -0.15) is 0 Å². The normalized spacial score (nSPS) is 10.3. The van der Waals surface area contributed by atoms with Crippen molar-refractivity contribution in [2.24, 2.45) is 0 Å². The van der Waals surface area contributed by atoms with Gasteiger partial charge in [0.25, 0.3) is 5.91 Å². The third-order valence-corrected chi connectivity index (χ3v) is 3.18. The van der Waals surface area contributed by atoms with Crippen LogP contribution in [0.5, 0.6) is 0 Å². The topological polar surface area (TPSA) is 46.3 Å². The zero-order valence-corrected chi connectivity index (χ0v) is 11.7. The highest BCUT2D eigenvalue weighted by Crippen LogP contribution is 2.24. The van der Waals surface area contributed by atoms with Gasteiger partial charge in [-0.3, -0.25) is 4.79 Å². The van der Waals surface area contributed by atoms with Crippen LogP contribution in [0.3, 0.4) is 0 Å². The number of rotatable bonds is 3. The molecule has 2 N–H and O–H groups in total. The largest absolute Gasteiger partial charge is 0.398 e. The van der Waals surface area contributed by atoms with E-state index in [-0.39, 0.29) is 17.3 Å². The Balaban J connectivity index is 2.42. The number of nitrogens with two attached hydrogens (primary N) is 1. The number of hydrogen-bond acceptors (Lipinski definition) is 2. The third kappa shape index (κ3) is 2.75. The molecule has 0 heterocycles. The smallest absolute Gasteiger partial charge is 0.260 e. The van der Waals surface area contributed by atoms with Crippen molar-refractivity contribution >= 4 is 28.9 Å². The maximum atomic E-state index is 13.8. The van der Waals surface area contributed by atoms with Crippen LogP contribution < -0.4 is 10.6 Å². The number of hydrogen-bond donors (Lipinski definition) is 1. The molecule has 2 rings (SSSR count). The number of benzene rings is 2. The van der Waals surface area contributed by atoms with E-state index in [0.29, 0.717) is 17.1 Å². The molecule has 0 aliphatic carbocycles. The summed E-state index contributed by atoms with van der Waals surface area (Å²) in [5.41, 5.74) is 6.62. The number of halogens is 2. The van der Waals surface area contributed by atoms with E-state index in [9.17, 15) is 9.18 Å². The number of para-hydroxylation sites is 1. The molecule has 104 valence electrons. The van der Waals surface area contributed by atoms with Crippen LogP contribution in [0.4, 0.5) is 15.8 Å². The SMILES string of the molecule is CCN(C(=O)c1ccc(Cl)cc1N)c1ccccc1F. The van der Waals surface area contributed by atoms with Crippen molar-refractivity contribution < 1.29 is 9.18 Å².